The number of rotatable bonds is 11. The number of aryl methyl sites for hydroxylation is 1. The Morgan fingerprint density at radius 1 is 1.31 bits per heavy atom. The van der Waals surface area contributed by atoms with Crippen LogP contribution in [0, 0.1) is 12.3 Å². The fraction of sp³-hybridized carbons (Fsp3) is 0.409. The Bertz CT molecular complexity index is 947. The number of hydrogen-bond acceptors (Lipinski definition) is 6. The van der Waals surface area contributed by atoms with E-state index in [2.05, 4.69) is 33.1 Å². The van der Waals surface area contributed by atoms with E-state index < -0.39 is 0 Å². The Labute approximate surface area is 172 Å². The molecule has 0 radical (unpaired) electrons. The monoisotopic (exact) mass is 392 g/mol. The first-order valence-corrected chi connectivity index (χ1v) is 9.95. The van der Waals surface area contributed by atoms with Crippen molar-refractivity contribution in [1.29, 1.82) is 0 Å². The van der Waals surface area contributed by atoms with Gasteiger partial charge in [-0.15, -0.1) is 12.3 Å². The molecule has 0 aliphatic carbocycles. The molecular weight excluding hydrogens is 364 g/mol. The second kappa shape index (κ2) is 10.4. The number of terminal acetylenes is 1. The van der Waals surface area contributed by atoms with Crippen molar-refractivity contribution in [2.45, 2.75) is 32.7 Å². The Kier molecular flexibility index (Phi) is 7.42. The molecular formula is C22H28N6O. The molecule has 1 N–H and O–H groups in total. The highest BCUT2D eigenvalue weighted by Gasteiger charge is 2.13. The van der Waals surface area contributed by atoms with Crippen molar-refractivity contribution in [2.24, 2.45) is 0 Å². The second-order valence-electron chi connectivity index (χ2n) is 6.81. The van der Waals surface area contributed by atoms with E-state index in [9.17, 15) is 0 Å². The van der Waals surface area contributed by atoms with Gasteiger partial charge < -0.3 is 15.0 Å². The Hall–Kier alpha value is -3.11. The molecule has 0 atom stereocenters. The average Bonchev–Trinajstić information content (AvgIpc) is 3.18. The number of anilines is 2. The highest BCUT2D eigenvalue weighted by Crippen LogP contribution is 2.22. The summed E-state index contributed by atoms with van der Waals surface area (Å²) in [6, 6.07) is 6.02. The van der Waals surface area contributed by atoms with Crippen molar-refractivity contribution < 1.29 is 4.74 Å². The van der Waals surface area contributed by atoms with E-state index in [4.69, 9.17) is 16.1 Å². The summed E-state index contributed by atoms with van der Waals surface area (Å²) in [7, 11) is 2.05. The minimum Gasteiger partial charge on any atom is -0.380 e. The van der Waals surface area contributed by atoms with Crippen molar-refractivity contribution in [3.05, 3.63) is 47.9 Å². The van der Waals surface area contributed by atoms with Crippen molar-refractivity contribution in [1.82, 2.24) is 19.6 Å². The summed E-state index contributed by atoms with van der Waals surface area (Å²) >= 11 is 0. The highest BCUT2D eigenvalue weighted by atomic mass is 16.5. The van der Waals surface area contributed by atoms with Crippen LogP contribution in [0.5, 0.6) is 0 Å². The zero-order valence-corrected chi connectivity index (χ0v) is 17.1. The number of fused-ring (bicyclic) bond motifs is 1. The van der Waals surface area contributed by atoms with E-state index in [0.29, 0.717) is 26.2 Å². The fourth-order valence-corrected chi connectivity index (χ4v) is 3.01. The van der Waals surface area contributed by atoms with Gasteiger partial charge >= 0.3 is 0 Å². The van der Waals surface area contributed by atoms with Gasteiger partial charge in [-0.2, -0.15) is 9.61 Å². The maximum absolute atomic E-state index is 5.54. The van der Waals surface area contributed by atoms with Gasteiger partial charge in [0.2, 0.25) is 0 Å². The maximum Gasteiger partial charge on any atom is 0.162 e. The molecule has 0 saturated heterocycles. The van der Waals surface area contributed by atoms with E-state index in [-0.39, 0.29) is 0 Å². The lowest BCUT2D eigenvalue weighted by Gasteiger charge is -2.20. The summed E-state index contributed by atoms with van der Waals surface area (Å²) in [5.41, 5.74) is 3.12. The molecule has 0 unspecified atom stereocenters. The smallest absolute Gasteiger partial charge is 0.162 e. The first-order valence-electron chi connectivity index (χ1n) is 9.95. The average molecular weight is 393 g/mol. The van der Waals surface area contributed by atoms with Crippen molar-refractivity contribution >= 4 is 17.3 Å². The number of nitrogens with one attached hydrogen (secondary N) is 1. The SMILES string of the molecule is C#CCCOCCCN(C)c1cc(NCc2cccnc2)n2ncc(CC)c2n1. The van der Waals surface area contributed by atoms with Gasteiger partial charge in [-0.25, -0.2) is 4.98 Å². The third kappa shape index (κ3) is 5.46. The predicted molar refractivity (Wildman–Crippen MR) is 116 cm³/mol. The molecule has 0 saturated carbocycles. The van der Waals surface area contributed by atoms with Crippen LogP contribution in [0.4, 0.5) is 11.6 Å². The lowest BCUT2D eigenvalue weighted by Crippen LogP contribution is -2.22. The quantitative estimate of drug-likeness (QED) is 0.399. The van der Waals surface area contributed by atoms with Crippen LogP contribution >= 0.6 is 0 Å². The molecule has 3 aromatic rings. The molecule has 3 rings (SSSR count). The number of hydrogen-bond donors (Lipinski definition) is 1. The molecule has 0 amide bonds. The van der Waals surface area contributed by atoms with Gasteiger partial charge in [0.15, 0.2) is 5.65 Å². The van der Waals surface area contributed by atoms with Crippen LogP contribution in [0.25, 0.3) is 5.65 Å². The molecule has 0 bridgehead atoms. The van der Waals surface area contributed by atoms with Crippen LogP contribution < -0.4 is 10.2 Å². The first-order chi connectivity index (χ1) is 14.2. The third-order valence-corrected chi connectivity index (χ3v) is 4.67. The van der Waals surface area contributed by atoms with Crippen LogP contribution in [0.2, 0.25) is 0 Å². The van der Waals surface area contributed by atoms with Crippen molar-refractivity contribution in [2.75, 3.05) is 37.0 Å². The van der Waals surface area contributed by atoms with E-state index in [1.54, 1.807) is 6.20 Å². The molecule has 0 aliphatic rings. The molecule has 0 fully saturated rings. The largest absolute Gasteiger partial charge is 0.380 e. The van der Waals surface area contributed by atoms with Gasteiger partial charge in [-0.3, -0.25) is 4.98 Å². The molecule has 7 nitrogen and oxygen atoms in total. The van der Waals surface area contributed by atoms with Crippen LogP contribution in [-0.2, 0) is 17.7 Å². The van der Waals surface area contributed by atoms with Gasteiger partial charge in [-0.05, 0) is 24.5 Å². The zero-order chi connectivity index (χ0) is 20.5. The topological polar surface area (TPSA) is 67.6 Å². The Morgan fingerprint density at radius 2 is 2.21 bits per heavy atom. The number of nitrogens with zero attached hydrogens (tertiary/aromatic N) is 5. The van der Waals surface area contributed by atoms with Gasteiger partial charge in [0.25, 0.3) is 0 Å². The van der Waals surface area contributed by atoms with Crippen LogP contribution in [-0.4, -0.2) is 46.4 Å². The van der Waals surface area contributed by atoms with Gasteiger partial charge in [0, 0.05) is 57.2 Å². The van der Waals surface area contributed by atoms with Crippen LogP contribution in [0.15, 0.2) is 36.8 Å². The third-order valence-electron chi connectivity index (χ3n) is 4.67. The van der Waals surface area contributed by atoms with Gasteiger partial charge in [0.05, 0.1) is 12.8 Å². The predicted octanol–water partition coefficient (Wildman–Crippen LogP) is 3.17. The minimum atomic E-state index is 0.614. The number of aromatic nitrogens is 4. The summed E-state index contributed by atoms with van der Waals surface area (Å²) in [5, 5.41) is 8.00. The molecule has 3 aromatic heterocycles. The standard InChI is InChI=1S/C22H28N6O/c1-4-6-12-29-13-8-11-27(3)21-14-20(24-16-18-9-7-10-23-15-18)28-22(26-21)19(5-2)17-25-28/h1,7,9-10,14-15,17,24H,5-6,8,11-13,16H2,2-3H3. The van der Waals surface area contributed by atoms with E-state index in [1.807, 2.05) is 42.2 Å². The summed E-state index contributed by atoms with van der Waals surface area (Å²) in [4.78, 5) is 11.2. The molecule has 29 heavy (non-hydrogen) atoms. The van der Waals surface area contributed by atoms with Gasteiger partial charge in [-0.1, -0.05) is 13.0 Å². The van der Waals surface area contributed by atoms with E-state index >= 15 is 0 Å². The molecule has 0 aromatic carbocycles. The normalized spacial score (nSPS) is 10.8. The molecule has 0 aliphatic heterocycles. The first kappa shape index (κ1) is 20.6. The lowest BCUT2D eigenvalue weighted by atomic mass is 10.2. The molecule has 0 spiro atoms. The highest BCUT2D eigenvalue weighted by molar-refractivity contribution is 5.61. The Morgan fingerprint density at radius 3 is 2.97 bits per heavy atom. The number of ether oxygens (including phenoxy) is 1. The molecule has 7 heteroatoms. The summed E-state index contributed by atoms with van der Waals surface area (Å²) < 4.78 is 7.41. The summed E-state index contributed by atoms with van der Waals surface area (Å²) in [6.45, 7) is 4.93. The summed E-state index contributed by atoms with van der Waals surface area (Å²) in [6.07, 6.45) is 13.2. The number of pyridine rings is 1. The molecule has 3 heterocycles. The van der Waals surface area contributed by atoms with Crippen LogP contribution in [0.1, 0.15) is 30.9 Å². The van der Waals surface area contributed by atoms with Crippen molar-refractivity contribution in [3.8, 4) is 12.3 Å². The summed E-state index contributed by atoms with van der Waals surface area (Å²) in [5.74, 6) is 4.40. The van der Waals surface area contributed by atoms with E-state index in [0.717, 1.165) is 47.8 Å². The zero-order valence-electron chi connectivity index (χ0n) is 17.1. The Balaban J connectivity index is 1.73. The minimum absolute atomic E-state index is 0.614. The van der Waals surface area contributed by atoms with E-state index in [1.165, 1.54) is 0 Å². The second-order valence-corrected chi connectivity index (χ2v) is 6.81. The maximum atomic E-state index is 5.54. The van der Waals surface area contributed by atoms with Crippen molar-refractivity contribution in [3.63, 3.8) is 0 Å². The van der Waals surface area contributed by atoms with Gasteiger partial charge in [0.1, 0.15) is 11.6 Å². The lowest BCUT2D eigenvalue weighted by molar-refractivity contribution is 0.139. The fourth-order valence-electron chi connectivity index (χ4n) is 3.01. The molecule has 152 valence electrons. The van der Waals surface area contributed by atoms with Crippen LogP contribution in [0.3, 0.4) is 0 Å².